The molecular formula is C28H32ClN3O5S2. The lowest BCUT2D eigenvalue weighted by Gasteiger charge is -2.45. The van der Waals surface area contributed by atoms with E-state index in [2.05, 4.69) is 53.1 Å². The van der Waals surface area contributed by atoms with Crippen molar-refractivity contribution in [2.75, 3.05) is 30.8 Å². The first kappa shape index (κ1) is 29.1. The lowest BCUT2D eigenvalue weighted by Crippen LogP contribution is -2.49. The Balaban J connectivity index is 1.43. The number of carboxylic acid groups (broad SMARTS) is 2. The van der Waals surface area contributed by atoms with Gasteiger partial charge in [0.05, 0.1) is 4.88 Å². The molecule has 0 saturated carbocycles. The molecule has 11 heteroatoms. The third-order valence-electron chi connectivity index (χ3n) is 6.54. The van der Waals surface area contributed by atoms with Crippen molar-refractivity contribution in [2.24, 2.45) is 0 Å². The highest BCUT2D eigenvalue weighted by Crippen LogP contribution is 2.46. The summed E-state index contributed by atoms with van der Waals surface area (Å²) in [6.45, 7) is 4.81. The second-order valence-electron chi connectivity index (χ2n) is 9.94. The second-order valence-corrected chi connectivity index (χ2v) is 12.3. The number of nitrogens with zero attached hydrogens (tertiary/aromatic N) is 1. The van der Waals surface area contributed by atoms with Crippen LogP contribution < -0.4 is 15.4 Å². The summed E-state index contributed by atoms with van der Waals surface area (Å²) in [5, 5.41) is 25.5. The molecule has 39 heavy (non-hydrogen) atoms. The summed E-state index contributed by atoms with van der Waals surface area (Å²) in [5.74, 6) is -1.63. The van der Waals surface area contributed by atoms with Crippen LogP contribution in [0.1, 0.15) is 41.9 Å². The number of aliphatic carboxylic acids is 1. The fourth-order valence-electron chi connectivity index (χ4n) is 4.69. The summed E-state index contributed by atoms with van der Waals surface area (Å²) in [5.41, 5.74) is 4.04. The summed E-state index contributed by atoms with van der Waals surface area (Å²) >= 11 is 9.31. The molecule has 8 nitrogen and oxygen atoms in total. The lowest BCUT2D eigenvalue weighted by molar-refractivity contribution is -0.139. The zero-order chi connectivity index (χ0) is 28.2. The maximum atomic E-state index is 11.7. The van der Waals surface area contributed by atoms with Gasteiger partial charge in [-0.3, -0.25) is 0 Å². The Labute approximate surface area is 241 Å². The van der Waals surface area contributed by atoms with Gasteiger partial charge in [0, 0.05) is 42.3 Å². The van der Waals surface area contributed by atoms with Gasteiger partial charge in [-0.15, -0.1) is 11.3 Å². The van der Waals surface area contributed by atoms with Crippen LogP contribution >= 0.6 is 34.9 Å². The van der Waals surface area contributed by atoms with E-state index in [4.69, 9.17) is 21.4 Å². The van der Waals surface area contributed by atoms with Gasteiger partial charge < -0.3 is 25.6 Å². The zero-order valence-corrected chi connectivity index (χ0v) is 24.4. The minimum atomic E-state index is -1.22. The number of carboxylic acids is 2. The Morgan fingerprint density at radius 3 is 2.62 bits per heavy atom. The van der Waals surface area contributed by atoms with Crippen LogP contribution in [0.2, 0.25) is 5.02 Å². The molecule has 1 fully saturated rings. The summed E-state index contributed by atoms with van der Waals surface area (Å²) in [6, 6.07) is 16.4. The molecule has 3 aromatic rings. The van der Waals surface area contributed by atoms with E-state index in [1.807, 2.05) is 43.3 Å². The molecule has 1 atom stereocenters. The largest absolute Gasteiger partial charge is 0.479 e. The number of thiophene rings is 1. The van der Waals surface area contributed by atoms with Crippen molar-refractivity contribution in [1.29, 1.82) is 0 Å². The molecule has 1 aliphatic heterocycles. The van der Waals surface area contributed by atoms with Crippen molar-refractivity contribution < 1.29 is 24.5 Å². The SMILES string of the molecule is CNc1cccc(CSN2CCC(Nc3cccc(-c4sc(C(=O)O)c(OCC(=O)O)c4Cl)c3)CC2(C)C)c1. The molecule has 4 rings (SSSR count). The Morgan fingerprint density at radius 2 is 1.92 bits per heavy atom. The van der Waals surface area contributed by atoms with Crippen LogP contribution in [0.5, 0.6) is 5.75 Å². The van der Waals surface area contributed by atoms with Crippen molar-refractivity contribution in [1.82, 2.24) is 4.31 Å². The number of nitrogens with one attached hydrogen (secondary N) is 2. The first-order valence-electron chi connectivity index (χ1n) is 12.5. The number of carbonyl (C=O) groups is 2. The van der Waals surface area contributed by atoms with E-state index in [9.17, 15) is 14.7 Å². The molecule has 0 amide bonds. The molecule has 1 aliphatic rings. The molecule has 2 aromatic carbocycles. The van der Waals surface area contributed by atoms with E-state index in [1.165, 1.54) is 5.56 Å². The van der Waals surface area contributed by atoms with E-state index in [-0.39, 0.29) is 27.2 Å². The first-order valence-corrected chi connectivity index (χ1v) is 14.7. The van der Waals surface area contributed by atoms with Crippen LogP contribution in [-0.4, -0.2) is 58.2 Å². The van der Waals surface area contributed by atoms with Gasteiger partial charge >= 0.3 is 11.9 Å². The molecule has 0 aliphatic carbocycles. The zero-order valence-electron chi connectivity index (χ0n) is 22.0. The number of piperidine rings is 1. The van der Waals surface area contributed by atoms with Crippen molar-refractivity contribution >= 4 is 58.2 Å². The highest BCUT2D eigenvalue weighted by molar-refractivity contribution is 7.96. The Bertz CT molecular complexity index is 1350. The monoisotopic (exact) mass is 589 g/mol. The van der Waals surface area contributed by atoms with Crippen LogP contribution in [-0.2, 0) is 10.5 Å². The van der Waals surface area contributed by atoms with Gasteiger partial charge in [0.1, 0.15) is 5.02 Å². The van der Waals surface area contributed by atoms with Crippen molar-refractivity contribution in [3.8, 4) is 16.2 Å². The van der Waals surface area contributed by atoms with Crippen molar-refractivity contribution in [3.05, 3.63) is 64.0 Å². The predicted octanol–water partition coefficient (Wildman–Crippen LogP) is 6.78. The summed E-state index contributed by atoms with van der Waals surface area (Å²) in [4.78, 5) is 23.1. The maximum Gasteiger partial charge on any atom is 0.349 e. The number of rotatable bonds is 11. The second kappa shape index (κ2) is 12.5. The van der Waals surface area contributed by atoms with Crippen molar-refractivity contribution in [3.63, 3.8) is 0 Å². The van der Waals surface area contributed by atoms with Gasteiger partial charge in [-0.25, -0.2) is 13.9 Å². The van der Waals surface area contributed by atoms with Crippen molar-refractivity contribution in [2.45, 2.75) is 44.0 Å². The van der Waals surface area contributed by atoms with Gasteiger partial charge in [0.15, 0.2) is 17.2 Å². The molecule has 208 valence electrons. The molecule has 0 radical (unpaired) electrons. The Kier molecular flexibility index (Phi) is 9.32. The molecule has 1 saturated heterocycles. The van der Waals surface area contributed by atoms with Gasteiger partial charge in [-0.2, -0.15) is 0 Å². The van der Waals surface area contributed by atoms with Crippen LogP contribution in [0.25, 0.3) is 10.4 Å². The van der Waals surface area contributed by atoms with Crippen LogP contribution in [0, 0.1) is 0 Å². The number of aromatic carboxylic acids is 1. The number of ether oxygens (including phenoxy) is 1. The fraction of sp³-hybridized carbons (Fsp3) is 0.357. The number of benzene rings is 2. The minimum Gasteiger partial charge on any atom is -0.479 e. The van der Waals surface area contributed by atoms with E-state index < -0.39 is 18.5 Å². The molecule has 0 bridgehead atoms. The molecule has 1 aromatic heterocycles. The third kappa shape index (κ3) is 7.19. The van der Waals surface area contributed by atoms with E-state index >= 15 is 0 Å². The number of hydrogen-bond donors (Lipinski definition) is 4. The standard InChI is InChI=1S/C28H32ClN3O5S2/c1-28(2)14-21(10-11-32(28)38-16-17-6-4-8-19(12-17)30-3)31-20-9-5-7-18(13-20)25-23(29)24(37-15-22(33)34)26(39-25)27(35)36/h4-9,12-13,21,30-31H,10-11,14-16H2,1-3H3,(H,33,34)(H,35,36). The average molecular weight is 590 g/mol. The topological polar surface area (TPSA) is 111 Å². The Morgan fingerprint density at radius 1 is 1.18 bits per heavy atom. The summed E-state index contributed by atoms with van der Waals surface area (Å²) in [7, 11) is 1.93. The molecule has 2 heterocycles. The smallest absolute Gasteiger partial charge is 0.349 e. The van der Waals surface area contributed by atoms with Gasteiger partial charge in [-0.05, 0) is 62.1 Å². The number of hydrogen-bond acceptors (Lipinski definition) is 8. The quantitative estimate of drug-likeness (QED) is 0.180. The highest BCUT2D eigenvalue weighted by Gasteiger charge is 2.35. The normalized spacial score (nSPS) is 17.0. The molecule has 0 spiro atoms. The number of halogens is 1. The van der Waals surface area contributed by atoms with E-state index in [1.54, 1.807) is 0 Å². The number of anilines is 2. The van der Waals surface area contributed by atoms with Crippen LogP contribution in [0.4, 0.5) is 11.4 Å². The lowest BCUT2D eigenvalue weighted by atomic mass is 9.89. The summed E-state index contributed by atoms with van der Waals surface area (Å²) < 4.78 is 7.69. The van der Waals surface area contributed by atoms with E-state index in [0.29, 0.717) is 4.88 Å². The average Bonchev–Trinajstić information content (AvgIpc) is 3.23. The van der Waals surface area contributed by atoms with Gasteiger partial charge in [0.2, 0.25) is 0 Å². The molecule has 1 unspecified atom stereocenters. The van der Waals surface area contributed by atoms with Crippen LogP contribution in [0.3, 0.4) is 0 Å². The summed E-state index contributed by atoms with van der Waals surface area (Å²) in [6.07, 6.45) is 1.93. The molecule has 4 N–H and O–H groups in total. The van der Waals surface area contributed by atoms with Gasteiger partial charge in [0.25, 0.3) is 0 Å². The van der Waals surface area contributed by atoms with Gasteiger partial charge in [-0.1, -0.05) is 47.8 Å². The van der Waals surface area contributed by atoms with E-state index in [0.717, 1.165) is 53.4 Å². The van der Waals surface area contributed by atoms with Crippen LogP contribution in [0.15, 0.2) is 48.5 Å². The Hall–Kier alpha value is -2.92. The maximum absolute atomic E-state index is 11.7. The fourth-order valence-corrected chi connectivity index (χ4v) is 7.23. The third-order valence-corrected chi connectivity index (χ3v) is 9.67. The minimum absolute atomic E-state index is 0.0113. The predicted molar refractivity (Wildman–Crippen MR) is 160 cm³/mol. The highest BCUT2D eigenvalue weighted by atomic mass is 35.5. The molecular weight excluding hydrogens is 558 g/mol. The first-order chi connectivity index (χ1) is 18.6.